The quantitative estimate of drug-likeness (QED) is 0.797. The molecule has 0 aliphatic heterocycles. The molecule has 2 amide bonds. The second kappa shape index (κ2) is 5.81. The van der Waals surface area contributed by atoms with Crippen molar-refractivity contribution in [1.29, 1.82) is 0 Å². The van der Waals surface area contributed by atoms with E-state index in [9.17, 15) is 14.7 Å². The van der Waals surface area contributed by atoms with Crippen molar-refractivity contribution in [3.63, 3.8) is 0 Å². The lowest BCUT2D eigenvalue weighted by Crippen LogP contribution is -2.40. The minimum absolute atomic E-state index is 0.251. The summed E-state index contributed by atoms with van der Waals surface area (Å²) >= 11 is 6.01. The highest BCUT2D eigenvalue weighted by molar-refractivity contribution is 6.34. The largest absolute Gasteiger partial charge is 0.380 e. The van der Waals surface area contributed by atoms with Gasteiger partial charge in [-0.05, 0) is 43.9 Å². The zero-order valence-electron chi connectivity index (χ0n) is 11.2. The van der Waals surface area contributed by atoms with E-state index in [1.54, 1.807) is 6.07 Å². The van der Waals surface area contributed by atoms with Crippen LogP contribution in [0, 0.1) is 0 Å². The Morgan fingerprint density at radius 1 is 1.30 bits per heavy atom. The fourth-order valence-corrected chi connectivity index (χ4v) is 2.61. The number of anilines is 1. The maximum absolute atomic E-state index is 12.0. The van der Waals surface area contributed by atoms with Crippen molar-refractivity contribution in [3.8, 4) is 0 Å². The van der Waals surface area contributed by atoms with Gasteiger partial charge in [-0.2, -0.15) is 0 Å². The van der Waals surface area contributed by atoms with Gasteiger partial charge in [0.2, 0.25) is 0 Å². The molecule has 5 nitrogen and oxygen atoms in total. The van der Waals surface area contributed by atoms with Gasteiger partial charge in [0.1, 0.15) is 5.60 Å². The van der Waals surface area contributed by atoms with E-state index >= 15 is 0 Å². The summed E-state index contributed by atoms with van der Waals surface area (Å²) in [6.45, 7) is 0. The Kier molecular flexibility index (Phi) is 4.30. The van der Waals surface area contributed by atoms with Crippen LogP contribution in [0.2, 0.25) is 5.02 Å². The molecule has 0 bridgehead atoms. The van der Waals surface area contributed by atoms with Crippen LogP contribution in [0.3, 0.4) is 0 Å². The van der Waals surface area contributed by atoms with Crippen molar-refractivity contribution >= 4 is 29.1 Å². The van der Waals surface area contributed by atoms with Crippen molar-refractivity contribution in [2.45, 2.75) is 31.3 Å². The number of aliphatic hydroxyl groups is 1. The molecule has 0 heterocycles. The number of halogens is 1. The number of hydrogen-bond donors (Lipinski definition) is 3. The fraction of sp³-hybridized carbons (Fsp3) is 0.429. The van der Waals surface area contributed by atoms with Gasteiger partial charge in [0, 0.05) is 12.7 Å². The standard InChI is InChI=1S/C14H17ClN2O3/c1-16-12(18)10-5-4-9(8-11(10)15)17-13(19)14(20)6-2-3-7-14/h4-5,8,20H,2-3,6-7H2,1H3,(H,16,18)(H,17,19). The van der Waals surface area contributed by atoms with Crippen LogP contribution in [0.5, 0.6) is 0 Å². The zero-order chi connectivity index (χ0) is 14.8. The number of nitrogens with one attached hydrogen (secondary N) is 2. The molecule has 1 aromatic carbocycles. The van der Waals surface area contributed by atoms with Crippen LogP contribution in [0.4, 0.5) is 5.69 Å². The number of amides is 2. The van der Waals surface area contributed by atoms with E-state index < -0.39 is 11.5 Å². The minimum atomic E-state index is -1.29. The molecule has 1 aromatic rings. The van der Waals surface area contributed by atoms with Gasteiger partial charge in [-0.3, -0.25) is 9.59 Å². The summed E-state index contributed by atoms with van der Waals surface area (Å²) in [6, 6.07) is 4.63. The predicted octanol–water partition coefficient (Wildman–Crippen LogP) is 1.94. The third kappa shape index (κ3) is 2.94. The van der Waals surface area contributed by atoms with E-state index in [1.165, 1.54) is 19.2 Å². The lowest BCUT2D eigenvalue weighted by atomic mass is 10.0. The van der Waals surface area contributed by atoms with E-state index in [0.717, 1.165) is 12.8 Å². The van der Waals surface area contributed by atoms with Crippen LogP contribution in [0.15, 0.2) is 18.2 Å². The molecule has 2 rings (SSSR count). The Morgan fingerprint density at radius 3 is 2.50 bits per heavy atom. The highest BCUT2D eigenvalue weighted by Crippen LogP contribution is 2.31. The third-order valence-corrected chi connectivity index (χ3v) is 3.86. The molecule has 0 spiro atoms. The molecule has 0 atom stereocenters. The summed E-state index contributed by atoms with van der Waals surface area (Å²) in [6.07, 6.45) is 2.65. The topological polar surface area (TPSA) is 78.4 Å². The van der Waals surface area contributed by atoms with Crippen molar-refractivity contribution < 1.29 is 14.7 Å². The molecular formula is C14H17ClN2O3. The molecule has 0 saturated heterocycles. The molecule has 20 heavy (non-hydrogen) atoms. The molecule has 1 aliphatic carbocycles. The van der Waals surface area contributed by atoms with Gasteiger partial charge in [0.05, 0.1) is 10.6 Å². The van der Waals surface area contributed by atoms with Gasteiger partial charge in [-0.25, -0.2) is 0 Å². The lowest BCUT2D eigenvalue weighted by molar-refractivity contribution is -0.133. The Bertz CT molecular complexity index is 539. The molecule has 0 aromatic heterocycles. The van der Waals surface area contributed by atoms with Gasteiger partial charge < -0.3 is 15.7 Å². The molecular weight excluding hydrogens is 280 g/mol. The first-order chi connectivity index (χ1) is 9.46. The summed E-state index contributed by atoms with van der Waals surface area (Å²) in [5.41, 5.74) is -0.480. The molecule has 1 saturated carbocycles. The molecule has 6 heteroatoms. The van der Waals surface area contributed by atoms with E-state index in [2.05, 4.69) is 10.6 Å². The molecule has 1 aliphatic rings. The highest BCUT2D eigenvalue weighted by Gasteiger charge is 2.38. The van der Waals surface area contributed by atoms with Crippen molar-refractivity contribution in [1.82, 2.24) is 5.32 Å². The van der Waals surface area contributed by atoms with Crippen molar-refractivity contribution in [2.75, 3.05) is 12.4 Å². The monoisotopic (exact) mass is 296 g/mol. The highest BCUT2D eigenvalue weighted by atomic mass is 35.5. The maximum atomic E-state index is 12.0. The van der Waals surface area contributed by atoms with Crippen LogP contribution in [0.1, 0.15) is 36.0 Å². The molecule has 108 valence electrons. The Hall–Kier alpha value is -1.59. The summed E-state index contributed by atoms with van der Waals surface area (Å²) in [7, 11) is 1.52. The molecule has 1 fully saturated rings. The normalized spacial score (nSPS) is 16.8. The first-order valence-corrected chi connectivity index (χ1v) is 6.89. The molecule has 3 N–H and O–H groups in total. The van der Waals surface area contributed by atoms with E-state index in [0.29, 0.717) is 24.1 Å². The number of carbonyl (C=O) groups excluding carboxylic acids is 2. The Labute approximate surface area is 122 Å². The lowest BCUT2D eigenvalue weighted by Gasteiger charge is -2.21. The Morgan fingerprint density at radius 2 is 1.95 bits per heavy atom. The second-order valence-corrected chi connectivity index (χ2v) is 5.37. The van der Waals surface area contributed by atoms with Gasteiger partial charge in [-0.15, -0.1) is 0 Å². The summed E-state index contributed by atoms with van der Waals surface area (Å²) in [5.74, 6) is -0.707. The summed E-state index contributed by atoms with van der Waals surface area (Å²) in [5, 5.41) is 15.5. The van der Waals surface area contributed by atoms with Crippen molar-refractivity contribution in [2.24, 2.45) is 0 Å². The second-order valence-electron chi connectivity index (χ2n) is 4.97. The van der Waals surface area contributed by atoms with Crippen molar-refractivity contribution in [3.05, 3.63) is 28.8 Å². The molecule has 0 unspecified atom stereocenters. The number of hydrogen-bond acceptors (Lipinski definition) is 3. The minimum Gasteiger partial charge on any atom is -0.380 e. The van der Waals surface area contributed by atoms with Crippen LogP contribution in [-0.2, 0) is 4.79 Å². The average Bonchev–Trinajstić information content (AvgIpc) is 2.86. The number of carbonyl (C=O) groups is 2. The number of benzene rings is 1. The smallest absolute Gasteiger partial charge is 0.256 e. The number of rotatable bonds is 3. The van der Waals surface area contributed by atoms with Crippen LogP contribution >= 0.6 is 11.6 Å². The molecule has 0 radical (unpaired) electrons. The maximum Gasteiger partial charge on any atom is 0.256 e. The first-order valence-electron chi connectivity index (χ1n) is 6.52. The average molecular weight is 297 g/mol. The summed E-state index contributed by atoms with van der Waals surface area (Å²) in [4.78, 5) is 23.5. The van der Waals surface area contributed by atoms with Crippen LogP contribution in [-0.4, -0.2) is 29.6 Å². The predicted molar refractivity (Wildman–Crippen MR) is 76.9 cm³/mol. The van der Waals surface area contributed by atoms with Gasteiger partial charge >= 0.3 is 0 Å². The van der Waals surface area contributed by atoms with Gasteiger partial charge in [0.25, 0.3) is 11.8 Å². The third-order valence-electron chi connectivity index (χ3n) is 3.55. The van der Waals surface area contributed by atoms with E-state index in [-0.39, 0.29) is 10.9 Å². The van der Waals surface area contributed by atoms with Gasteiger partial charge in [0.15, 0.2) is 0 Å². The fourth-order valence-electron chi connectivity index (χ4n) is 2.35. The Balaban J connectivity index is 2.12. The van der Waals surface area contributed by atoms with E-state index in [4.69, 9.17) is 11.6 Å². The van der Waals surface area contributed by atoms with Gasteiger partial charge in [-0.1, -0.05) is 11.6 Å². The summed E-state index contributed by atoms with van der Waals surface area (Å²) < 4.78 is 0. The van der Waals surface area contributed by atoms with E-state index in [1.807, 2.05) is 0 Å². The van der Waals surface area contributed by atoms with Crippen LogP contribution < -0.4 is 10.6 Å². The van der Waals surface area contributed by atoms with Crippen LogP contribution in [0.25, 0.3) is 0 Å². The SMILES string of the molecule is CNC(=O)c1ccc(NC(=O)C2(O)CCCC2)cc1Cl. The first kappa shape index (κ1) is 14.8. The zero-order valence-corrected chi connectivity index (χ0v) is 12.0.